The molecule has 6 N–H and O–H groups in total. The van der Waals surface area contributed by atoms with Crippen molar-refractivity contribution < 1.29 is 39.8 Å². The van der Waals surface area contributed by atoms with Crippen LogP contribution in [-0.2, 0) is 14.3 Å². The number of hydrogen-bond acceptors (Lipinski definition) is 8. The third-order valence-electron chi connectivity index (χ3n) is 16.2. The van der Waals surface area contributed by atoms with Gasteiger partial charge in [0, 0.05) is 6.42 Å². The predicted molar refractivity (Wildman–Crippen MR) is 309 cm³/mol. The zero-order valence-corrected chi connectivity index (χ0v) is 48.7. The van der Waals surface area contributed by atoms with Gasteiger partial charge in [-0.25, -0.2) is 0 Å². The second-order valence-electron chi connectivity index (χ2n) is 23.3. The van der Waals surface area contributed by atoms with E-state index < -0.39 is 49.5 Å². The molecule has 1 fully saturated rings. The zero-order valence-electron chi connectivity index (χ0n) is 48.7. The van der Waals surface area contributed by atoms with E-state index in [0.717, 1.165) is 38.5 Å². The summed E-state index contributed by atoms with van der Waals surface area (Å²) in [6.07, 6.45) is 60.8. The number of aliphatic hydroxyl groups is 5. The van der Waals surface area contributed by atoms with Gasteiger partial charge in [-0.15, -0.1) is 0 Å². The Bertz CT molecular complexity index is 1110. The van der Waals surface area contributed by atoms with Gasteiger partial charge in [-0.2, -0.15) is 0 Å². The van der Waals surface area contributed by atoms with Crippen LogP contribution in [0.1, 0.15) is 348 Å². The fraction of sp³-hybridized carbons (Fsp3) is 0.984. The number of rotatable bonds is 58. The number of unbranched alkanes of at least 4 members (excludes halogenated alkanes) is 48. The van der Waals surface area contributed by atoms with Gasteiger partial charge in [0.2, 0.25) is 5.91 Å². The number of ether oxygens (including phenoxy) is 2. The number of aliphatic hydroxyl groups excluding tert-OH is 5. The van der Waals surface area contributed by atoms with Crippen molar-refractivity contribution in [3.05, 3.63) is 0 Å². The summed E-state index contributed by atoms with van der Waals surface area (Å²) in [5.41, 5.74) is 0. The average molecular weight is 1040 g/mol. The lowest BCUT2D eigenvalue weighted by molar-refractivity contribution is -0.302. The number of amides is 1. The Hall–Kier alpha value is -0.810. The van der Waals surface area contributed by atoms with Crippen LogP contribution < -0.4 is 5.32 Å². The van der Waals surface area contributed by atoms with E-state index in [1.165, 1.54) is 283 Å². The van der Waals surface area contributed by atoms with Gasteiger partial charge < -0.3 is 40.3 Å². The van der Waals surface area contributed by atoms with Crippen LogP contribution in [0.25, 0.3) is 0 Å². The molecule has 0 radical (unpaired) electrons. The van der Waals surface area contributed by atoms with Crippen LogP contribution in [0, 0.1) is 0 Å². The molecule has 73 heavy (non-hydrogen) atoms. The van der Waals surface area contributed by atoms with E-state index in [4.69, 9.17) is 9.47 Å². The SMILES string of the molecule is CCCCCCCCCCCCCCCCCCCCCCCCCCCCCCCCCCCCCCCCCCCC(=O)NC(COC1OC(CO)C(O)C(O)C1O)C(O)CCCCCCCCCCC. The highest BCUT2D eigenvalue weighted by atomic mass is 16.7. The van der Waals surface area contributed by atoms with Crippen molar-refractivity contribution >= 4 is 5.91 Å². The maximum absolute atomic E-state index is 13.0. The molecule has 0 aliphatic carbocycles. The topological polar surface area (TPSA) is 149 Å². The van der Waals surface area contributed by atoms with Crippen LogP contribution >= 0.6 is 0 Å². The molecule has 0 aromatic heterocycles. The number of nitrogens with one attached hydrogen (secondary N) is 1. The van der Waals surface area contributed by atoms with Crippen LogP contribution in [0.5, 0.6) is 0 Å². The first kappa shape index (κ1) is 70.2. The summed E-state index contributed by atoms with van der Waals surface area (Å²) in [6, 6.07) is -0.712. The fourth-order valence-corrected chi connectivity index (χ4v) is 11.0. The Labute approximate surface area is 453 Å². The molecule has 7 unspecified atom stereocenters. The van der Waals surface area contributed by atoms with Gasteiger partial charge in [0.1, 0.15) is 24.4 Å². The predicted octanol–water partition coefficient (Wildman–Crippen LogP) is 17.0. The molecule has 1 aliphatic heterocycles. The minimum Gasteiger partial charge on any atom is -0.394 e. The lowest BCUT2D eigenvalue weighted by Crippen LogP contribution is -2.60. The molecular weight excluding hydrogens is 911 g/mol. The summed E-state index contributed by atoms with van der Waals surface area (Å²) in [5.74, 6) is -0.139. The quantitative estimate of drug-likeness (QED) is 0.0330. The van der Waals surface area contributed by atoms with Crippen LogP contribution in [0.3, 0.4) is 0 Å². The molecule has 0 spiro atoms. The van der Waals surface area contributed by atoms with E-state index in [-0.39, 0.29) is 12.5 Å². The monoisotopic (exact) mass is 1040 g/mol. The highest BCUT2D eigenvalue weighted by molar-refractivity contribution is 5.76. The minimum absolute atomic E-state index is 0.132. The normalized spacial score (nSPS) is 18.9. The molecule has 1 saturated heterocycles. The molecule has 1 heterocycles. The Kier molecular flexibility index (Phi) is 52.5. The van der Waals surface area contributed by atoms with Gasteiger partial charge in [-0.3, -0.25) is 4.79 Å². The van der Waals surface area contributed by atoms with Crippen LogP contribution in [0.4, 0.5) is 0 Å². The number of carbonyl (C=O) groups excluding carboxylic acids is 1. The third kappa shape index (κ3) is 43.8. The van der Waals surface area contributed by atoms with Gasteiger partial charge in [0.25, 0.3) is 0 Å². The second kappa shape index (κ2) is 54.5. The summed E-state index contributed by atoms with van der Waals surface area (Å²) in [4.78, 5) is 13.0. The average Bonchev–Trinajstić information content (AvgIpc) is 3.39. The molecule has 0 aromatic rings. The van der Waals surface area contributed by atoms with Crippen molar-refractivity contribution in [1.82, 2.24) is 5.32 Å². The highest BCUT2D eigenvalue weighted by Crippen LogP contribution is 2.24. The highest BCUT2D eigenvalue weighted by Gasteiger charge is 2.44. The first-order valence-corrected chi connectivity index (χ1v) is 32.7. The largest absolute Gasteiger partial charge is 0.394 e. The van der Waals surface area contributed by atoms with E-state index in [1.54, 1.807) is 0 Å². The molecule has 0 saturated carbocycles. The van der Waals surface area contributed by atoms with Gasteiger partial charge in [-0.05, 0) is 12.8 Å². The van der Waals surface area contributed by atoms with E-state index in [0.29, 0.717) is 12.8 Å². The van der Waals surface area contributed by atoms with E-state index >= 15 is 0 Å². The molecule has 9 nitrogen and oxygen atoms in total. The maximum Gasteiger partial charge on any atom is 0.220 e. The van der Waals surface area contributed by atoms with Crippen LogP contribution in [-0.4, -0.2) is 87.5 Å². The molecule has 1 rings (SSSR count). The Morgan fingerprint density at radius 2 is 0.685 bits per heavy atom. The second-order valence-corrected chi connectivity index (χ2v) is 23.3. The van der Waals surface area contributed by atoms with Crippen molar-refractivity contribution in [1.29, 1.82) is 0 Å². The smallest absolute Gasteiger partial charge is 0.220 e. The maximum atomic E-state index is 13.0. The third-order valence-corrected chi connectivity index (χ3v) is 16.2. The summed E-state index contributed by atoms with van der Waals surface area (Å²) < 4.78 is 11.3. The van der Waals surface area contributed by atoms with E-state index in [2.05, 4.69) is 19.2 Å². The molecular formula is C64H127NO8. The van der Waals surface area contributed by atoms with Gasteiger partial charge in [-0.1, -0.05) is 328 Å². The molecule has 7 atom stereocenters. The van der Waals surface area contributed by atoms with Crippen molar-refractivity contribution in [2.24, 2.45) is 0 Å². The summed E-state index contributed by atoms with van der Waals surface area (Å²) in [6.45, 7) is 3.85. The summed E-state index contributed by atoms with van der Waals surface area (Å²) >= 11 is 0. The number of carbonyl (C=O) groups is 1. The Morgan fingerprint density at radius 3 is 0.973 bits per heavy atom. The molecule has 0 bridgehead atoms. The summed E-state index contributed by atoms with van der Waals surface area (Å²) in [7, 11) is 0. The van der Waals surface area contributed by atoms with Crippen LogP contribution in [0.15, 0.2) is 0 Å². The molecule has 0 aromatic carbocycles. The van der Waals surface area contributed by atoms with E-state index in [1.807, 2.05) is 0 Å². The Balaban J connectivity index is 1.93. The standard InChI is InChI=1S/C64H127NO8/c1-3-5-7-9-11-13-14-15-16-17-18-19-20-21-22-23-24-25-26-27-28-29-30-31-32-33-34-35-36-37-38-39-40-41-42-43-44-46-48-50-52-54-60(68)65-57(58(67)53-51-49-47-45-12-10-8-6-4-2)56-72-64-63(71)62(70)61(69)59(55-66)73-64/h57-59,61-64,66-67,69-71H,3-56H2,1-2H3,(H,65,68). The fourth-order valence-electron chi connectivity index (χ4n) is 11.0. The van der Waals surface area contributed by atoms with Crippen molar-refractivity contribution in [3.8, 4) is 0 Å². The molecule has 1 aliphatic rings. The van der Waals surface area contributed by atoms with Crippen molar-refractivity contribution in [2.75, 3.05) is 13.2 Å². The summed E-state index contributed by atoms with van der Waals surface area (Å²) in [5, 5.41) is 54.4. The number of hydrogen-bond donors (Lipinski definition) is 6. The van der Waals surface area contributed by atoms with Gasteiger partial charge in [0.15, 0.2) is 6.29 Å². The van der Waals surface area contributed by atoms with Gasteiger partial charge in [0.05, 0.1) is 25.4 Å². The van der Waals surface area contributed by atoms with Gasteiger partial charge >= 0.3 is 0 Å². The molecule has 1 amide bonds. The Morgan fingerprint density at radius 1 is 0.411 bits per heavy atom. The first-order chi connectivity index (χ1) is 35.8. The molecule has 9 heteroatoms. The van der Waals surface area contributed by atoms with Crippen molar-refractivity contribution in [2.45, 2.75) is 391 Å². The van der Waals surface area contributed by atoms with Crippen molar-refractivity contribution in [3.63, 3.8) is 0 Å². The first-order valence-electron chi connectivity index (χ1n) is 32.7. The minimum atomic E-state index is -1.55. The zero-order chi connectivity index (χ0) is 52.9. The molecule has 436 valence electrons. The lowest BCUT2D eigenvalue weighted by Gasteiger charge is -2.40. The van der Waals surface area contributed by atoms with E-state index in [9.17, 15) is 30.3 Å². The van der Waals surface area contributed by atoms with Crippen LogP contribution in [0.2, 0.25) is 0 Å². The lowest BCUT2D eigenvalue weighted by atomic mass is 9.99.